The van der Waals surface area contributed by atoms with E-state index in [2.05, 4.69) is 0 Å². The van der Waals surface area contributed by atoms with Crippen molar-refractivity contribution < 1.29 is 19.2 Å². The van der Waals surface area contributed by atoms with Crippen LogP contribution in [0, 0.1) is 11.8 Å². The maximum absolute atomic E-state index is 11.5. The molecule has 16 heavy (non-hydrogen) atoms. The van der Waals surface area contributed by atoms with E-state index in [9.17, 15) is 19.2 Å². The van der Waals surface area contributed by atoms with Gasteiger partial charge < -0.3 is 9.59 Å². The van der Waals surface area contributed by atoms with Crippen LogP contribution in [0.2, 0.25) is 0 Å². The normalized spacial score (nSPS) is 12.2. The Bertz CT molecular complexity index is 268. The molecule has 1 unspecified atom stereocenters. The summed E-state index contributed by atoms with van der Waals surface area (Å²) in [6.07, 6.45) is 1.86. The molecule has 1 atom stereocenters. The van der Waals surface area contributed by atoms with Gasteiger partial charge in [-0.3, -0.25) is 9.59 Å². The fourth-order valence-corrected chi connectivity index (χ4v) is 1.40. The molecule has 0 radical (unpaired) electrons. The number of hydrogen-bond donors (Lipinski definition) is 0. The third kappa shape index (κ3) is 5.53. The maximum atomic E-state index is 11.5. The van der Waals surface area contributed by atoms with E-state index < -0.39 is 11.6 Å². The molecule has 0 aliphatic rings. The average molecular weight is 226 g/mol. The quantitative estimate of drug-likeness (QED) is 0.439. The molecule has 0 fully saturated rings. The van der Waals surface area contributed by atoms with Crippen LogP contribution in [0.3, 0.4) is 0 Å². The first kappa shape index (κ1) is 14.7. The molecule has 0 aliphatic heterocycles. The standard InChI is InChI=1S/C12H18O4/c1-9(2)10(5-7-14)8-12(16)11(15)4-3-6-13/h6-7,9-10H,3-5,8H2,1-2H3. The molecule has 0 bridgehead atoms. The van der Waals surface area contributed by atoms with Crippen molar-refractivity contribution in [2.45, 2.75) is 39.5 Å². The van der Waals surface area contributed by atoms with Gasteiger partial charge in [0.25, 0.3) is 0 Å². The second-order valence-corrected chi connectivity index (χ2v) is 4.16. The molecule has 0 aromatic heterocycles. The van der Waals surface area contributed by atoms with Crippen molar-refractivity contribution in [3.05, 3.63) is 0 Å². The van der Waals surface area contributed by atoms with Crippen LogP contribution in [-0.4, -0.2) is 24.1 Å². The summed E-state index contributed by atoms with van der Waals surface area (Å²) in [5.74, 6) is -0.871. The molecule has 0 saturated carbocycles. The summed E-state index contributed by atoms with van der Waals surface area (Å²) in [5, 5.41) is 0. The lowest BCUT2D eigenvalue weighted by Crippen LogP contribution is -2.21. The van der Waals surface area contributed by atoms with Crippen LogP contribution in [-0.2, 0) is 19.2 Å². The van der Waals surface area contributed by atoms with Crippen LogP contribution in [0.25, 0.3) is 0 Å². The monoisotopic (exact) mass is 226 g/mol. The highest BCUT2D eigenvalue weighted by Crippen LogP contribution is 2.18. The Hall–Kier alpha value is -1.32. The van der Waals surface area contributed by atoms with Gasteiger partial charge in [-0.25, -0.2) is 0 Å². The van der Waals surface area contributed by atoms with Gasteiger partial charge in [0.2, 0.25) is 0 Å². The first-order valence-electron chi connectivity index (χ1n) is 5.46. The van der Waals surface area contributed by atoms with Crippen molar-refractivity contribution in [2.24, 2.45) is 11.8 Å². The summed E-state index contributed by atoms with van der Waals surface area (Å²) in [7, 11) is 0. The summed E-state index contributed by atoms with van der Waals surface area (Å²) < 4.78 is 0. The van der Waals surface area contributed by atoms with Gasteiger partial charge in [0.1, 0.15) is 12.6 Å². The van der Waals surface area contributed by atoms with Gasteiger partial charge in [-0.2, -0.15) is 0 Å². The van der Waals surface area contributed by atoms with E-state index in [1.807, 2.05) is 13.8 Å². The third-order valence-electron chi connectivity index (χ3n) is 2.59. The Balaban J connectivity index is 4.22. The molecule has 4 nitrogen and oxygen atoms in total. The SMILES string of the molecule is CC(C)C(CC=O)CC(=O)C(=O)CCC=O. The molecular formula is C12H18O4. The average Bonchev–Trinajstić information content (AvgIpc) is 2.24. The second kappa shape index (κ2) is 7.91. The molecule has 0 spiro atoms. The minimum atomic E-state index is -0.511. The summed E-state index contributed by atoms with van der Waals surface area (Å²) >= 11 is 0. The topological polar surface area (TPSA) is 68.3 Å². The van der Waals surface area contributed by atoms with Crippen molar-refractivity contribution >= 4 is 24.1 Å². The first-order chi connectivity index (χ1) is 7.52. The smallest absolute Gasteiger partial charge is 0.198 e. The fourth-order valence-electron chi connectivity index (χ4n) is 1.40. The van der Waals surface area contributed by atoms with Gasteiger partial charge in [0.05, 0.1) is 0 Å². The van der Waals surface area contributed by atoms with Crippen molar-refractivity contribution in [3.8, 4) is 0 Å². The van der Waals surface area contributed by atoms with E-state index in [1.165, 1.54) is 0 Å². The molecule has 0 heterocycles. The van der Waals surface area contributed by atoms with Crippen LogP contribution in [0.5, 0.6) is 0 Å². The van der Waals surface area contributed by atoms with Gasteiger partial charge in [0.15, 0.2) is 11.6 Å². The van der Waals surface area contributed by atoms with Crippen molar-refractivity contribution in [1.29, 1.82) is 0 Å². The Morgan fingerprint density at radius 1 is 1.06 bits per heavy atom. The largest absolute Gasteiger partial charge is 0.303 e. The molecular weight excluding hydrogens is 208 g/mol. The van der Waals surface area contributed by atoms with Crippen molar-refractivity contribution in [3.63, 3.8) is 0 Å². The van der Waals surface area contributed by atoms with Crippen LogP contribution in [0.1, 0.15) is 39.5 Å². The number of ketones is 2. The van der Waals surface area contributed by atoms with Crippen molar-refractivity contribution in [2.75, 3.05) is 0 Å². The maximum Gasteiger partial charge on any atom is 0.198 e. The van der Waals surface area contributed by atoms with Gasteiger partial charge in [-0.15, -0.1) is 0 Å². The Morgan fingerprint density at radius 3 is 2.12 bits per heavy atom. The summed E-state index contributed by atoms with van der Waals surface area (Å²) in [5.41, 5.74) is 0. The zero-order chi connectivity index (χ0) is 12.6. The third-order valence-corrected chi connectivity index (χ3v) is 2.59. The molecule has 4 heteroatoms. The zero-order valence-electron chi connectivity index (χ0n) is 9.77. The predicted molar refractivity (Wildman–Crippen MR) is 58.9 cm³/mol. The number of aldehydes is 2. The van der Waals surface area contributed by atoms with E-state index in [1.54, 1.807) is 0 Å². The zero-order valence-corrected chi connectivity index (χ0v) is 9.77. The number of rotatable bonds is 9. The molecule has 0 saturated heterocycles. The van der Waals surface area contributed by atoms with Gasteiger partial charge in [-0.05, 0) is 11.8 Å². The van der Waals surface area contributed by atoms with Gasteiger partial charge in [-0.1, -0.05) is 13.8 Å². The summed E-state index contributed by atoms with van der Waals surface area (Å²) in [6, 6.07) is 0. The number of carbonyl (C=O) groups excluding carboxylic acids is 4. The minimum Gasteiger partial charge on any atom is -0.303 e. The minimum absolute atomic E-state index is 0.0196. The van der Waals surface area contributed by atoms with Gasteiger partial charge >= 0.3 is 0 Å². The second-order valence-electron chi connectivity index (χ2n) is 4.16. The lowest BCUT2D eigenvalue weighted by atomic mass is 9.87. The van der Waals surface area contributed by atoms with Crippen LogP contribution in [0.15, 0.2) is 0 Å². The number of Topliss-reactive ketones (excluding diaryl/α,β-unsaturated/α-hetero) is 2. The van der Waals surface area contributed by atoms with Crippen LogP contribution in [0.4, 0.5) is 0 Å². The van der Waals surface area contributed by atoms with Crippen molar-refractivity contribution in [1.82, 2.24) is 0 Å². The van der Waals surface area contributed by atoms with E-state index in [0.717, 1.165) is 6.29 Å². The number of carbonyl (C=O) groups is 4. The summed E-state index contributed by atoms with van der Waals surface area (Å²) in [6.45, 7) is 3.83. The lowest BCUT2D eigenvalue weighted by molar-refractivity contribution is -0.137. The van der Waals surface area contributed by atoms with E-state index in [-0.39, 0.29) is 31.1 Å². The molecule has 0 aromatic carbocycles. The highest BCUT2D eigenvalue weighted by Gasteiger charge is 2.21. The Labute approximate surface area is 95.4 Å². The highest BCUT2D eigenvalue weighted by molar-refractivity contribution is 6.37. The van der Waals surface area contributed by atoms with Crippen LogP contribution >= 0.6 is 0 Å². The Morgan fingerprint density at radius 2 is 1.69 bits per heavy atom. The number of hydrogen-bond acceptors (Lipinski definition) is 4. The van der Waals surface area contributed by atoms with E-state index in [4.69, 9.17) is 0 Å². The molecule has 0 aliphatic carbocycles. The lowest BCUT2D eigenvalue weighted by Gasteiger charge is -2.16. The summed E-state index contributed by atoms with van der Waals surface area (Å²) in [4.78, 5) is 43.2. The predicted octanol–water partition coefficient (Wildman–Crippen LogP) is 1.35. The Kier molecular flexibility index (Phi) is 7.25. The molecule has 0 N–H and O–H groups in total. The highest BCUT2D eigenvalue weighted by atomic mass is 16.2. The van der Waals surface area contributed by atoms with Crippen LogP contribution < -0.4 is 0 Å². The van der Waals surface area contributed by atoms with Gasteiger partial charge in [0, 0.05) is 25.7 Å². The molecule has 0 amide bonds. The molecule has 0 rings (SSSR count). The van der Waals surface area contributed by atoms with E-state index >= 15 is 0 Å². The molecule has 90 valence electrons. The fraction of sp³-hybridized carbons (Fsp3) is 0.667. The van der Waals surface area contributed by atoms with E-state index in [0.29, 0.717) is 12.7 Å². The molecule has 0 aromatic rings. The first-order valence-corrected chi connectivity index (χ1v) is 5.46.